The van der Waals surface area contributed by atoms with Crippen LogP contribution in [0.4, 0.5) is 0 Å². The molecular weight excluding hydrogens is 212 g/mol. The van der Waals surface area contributed by atoms with Crippen molar-refractivity contribution in [3.05, 3.63) is 0 Å². The number of carboxylic acids is 1. The van der Waals surface area contributed by atoms with E-state index in [1.54, 1.807) is 4.90 Å². The number of aliphatic carboxylic acids is 1. The number of carboxylic acid groups (broad SMARTS) is 1. The van der Waals surface area contributed by atoms with Gasteiger partial charge in [0, 0.05) is 26.3 Å². The Labute approximate surface area is 95.4 Å². The zero-order valence-corrected chi connectivity index (χ0v) is 9.65. The molecular formula is C10H20N2O4. The van der Waals surface area contributed by atoms with Crippen molar-refractivity contribution in [3.8, 4) is 0 Å². The van der Waals surface area contributed by atoms with Crippen LogP contribution in [0.2, 0.25) is 0 Å². The molecule has 0 rings (SSSR count). The average molecular weight is 232 g/mol. The summed E-state index contributed by atoms with van der Waals surface area (Å²) in [4.78, 5) is 22.9. The Morgan fingerprint density at radius 3 is 2.56 bits per heavy atom. The van der Waals surface area contributed by atoms with Gasteiger partial charge in [0.25, 0.3) is 0 Å². The fraction of sp³-hybridized carbons (Fsp3) is 0.800. The van der Waals surface area contributed by atoms with Crippen LogP contribution in [0.3, 0.4) is 0 Å². The van der Waals surface area contributed by atoms with E-state index in [2.05, 4.69) is 0 Å². The van der Waals surface area contributed by atoms with E-state index in [1.165, 1.54) is 0 Å². The third-order valence-electron chi connectivity index (χ3n) is 1.99. The number of rotatable bonds is 10. The van der Waals surface area contributed by atoms with Crippen LogP contribution in [-0.2, 0) is 14.3 Å². The molecule has 0 atom stereocenters. The van der Waals surface area contributed by atoms with Crippen LogP contribution in [0.5, 0.6) is 0 Å². The zero-order chi connectivity index (χ0) is 12.4. The lowest BCUT2D eigenvalue weighted by molar-refractivity contribution is -0.137. The van der Waals surface area contributed by atoms with Crippen LogP contribution in [0.25, 0.3) is 0 Å². The summed E-state index contributed by atoms with van der Waals surface area (Å²) in [5.41, 5.74) is 5.07. The molecule has 0 aromatic rings. The Kier molecular flexibility index (Phi) is 8.46. The van der Waals surface area contributed by atoms with Crippen LogP contribution in [0.1, 0.15) is 19.8 Å². The van der Waals surface area contributed by atoms with Gasteiger partial charge in [-0.05, 0) is 13.3 Å². The van der Waals surface area contributed by atoms with Gasteiger partial charge in [-0.3, -0.25) is 14.5 Å². The Balaban J connectivity index is 3.80. The smallest absolute Gasteiger partial charge is 0.304 e. The molecule has 0 saturated carbocycles. The summed E-state index contributed by atoms with van der Waals surface area (Å²) in [6, 6.07) is 0. The molecule has 94 valence electrons. The fourth-order valence-electron chi connectivity index (χ4n) is 1.28. The van der Waals surface area contributed by atoms with Crippen LogP contribution in [0, 0.1) is 0 Å². The highest BCUT2D eigenvalue weighted by Crippen LogP contribution is 1.95. The molecule has 0 spiro atoms. The minimum atomic E-state index is -0.876. The number of hydrogen-bond donors (Lipinski definition) is 2. The summed E-state index contributed by atoms with van der Waals surface area (Å²) in [6.07, 6.45) is 0.780. The van der Waals surface area contributed by atoms with Crippen molar-refractivity contribution >= 4 is 11.9 Å². The topological polar surface area (TPSA) is 92.9 Å². The molecule has 0 aliphatic carbocycles. The van der Waals surface area contributed by atoms with Gasteiger partial charge in [-0.1, -0.05) is 0 Å². The summed E-state index contributed by atoms with van der Waals surface area (Å²) >= 11 is 0. The molecule has 16 heavy (non-hydrogen) atoms. The highest BCUT2D eigenvalue weighted by atomic mass is 16.5. The molecule has 0 bridgehead atoms. The molecule has 6 nitrogen and oxygen atoms in total. The van der Waals surface area contributed by atoms with Gasteiger partial charge in [-0.2, -0.15) is 0 Å². The third-order valence-corrected chi connectivity index (χ3v) is 1.99. The van der Waals surface area contributed by atoms with Gasteiger partial charge in [0.1, 0.15) is 0 Å². The van der Waals surface area contributed by atoms with Gasteiger partial charge < -0.3 is 15.6 Å². The number of nitrogens with zero attached hydrogens (tertiary/aromatic N) is 1. The number of carbonyl (C=O) groups excluding carboxylic acids is 1. The van der Waals surface area contributed by atoms with E-state index in [0.29, 0.717) is 26.3 Å². The number of carbonyl (C=O) groups is 2. The summed E-state index contributed by atoms with van der Waals surface area (Å²) in [5.74, 6) is -1.32. The van der Waals surface area contributed by atoms with E-state index in [4.69, 9.17) is 15.6 Å². The quantitative estimate of drug-likeness (QED) is 0.503. The van der Waals surface area contributed by atoms with E-state index >= 15 is 0 Å². The molecule has 0 radical (unpaired) electrons. The molecule has 0 unspecified atom stereocenters. The first-order valence-electron chi connectivity index (χ1n) is 5.36. The van der Waals surface area contributed by atoms with Crippen molar-refractivity contribution in [2.45, 2.75) is 19.8 Å². The maximum absolute atomic E-state index is 10.7. The molecule has 3 N–H and O–H groups in total. The largest absolute Gasteiger partial charge is 0.481 e. The molecule has 6 heteroatoms. The van der Waals surface area contributed by atoms with E-state index < -0.39 is 11.9 Å². The van der Waals surface area contributed by atoms with Gasteiger partial charge >= 0.3 is 5.97 Å². The normalized spacial score (nSPS) is 10.6. The van der Waals surface area contributed by atoms with Gasteiger partial charge in [0.2, 0.25) is 5.91 Å². The second-order valence-corrected chi connectivity index (χ2v) is 3.44. The third kappa shape index (κ3) is 9.42. The number of amides is 1. The van der Waals surface area contributed by atoms with Gasteiger partial charge in [0.05, 0.1) is 13.0 Å². The predicted octanol–water partition coefficient (Wildman–Crippen LogP) is -0.325. The highest BCUT2D eigenvalue weighted by Gasteiger charge is 2.09. The Morgan fingerprint density at radius 2 is 2.06 bits per heavy atom. The van der Waals surface area contributed by atoms with Crippen molar-refractivity contribution in [1.82, 2.24) is 4.90 Å². The summed E-state index contributed by atoms with van der Waals surface area (Å²) in [5, 5.41) is 8.54. The molecule has 0 aromatic heterocycles. The maximum Gasteiger partial charge on any atom is 0.304 e. The summed E-state index contributed by atoms with van der Waals surface area (Å²) in [6.45, 7) is 4.23. The first-order chi connectivity index (χ1) is 7.56. The minimum Gasteiger partial charge on any atom is -0.481 e. The lowest BCUT2D eigenvalue weighted by Crippen LogP contribution is -2.36. The lowest BCUT2D eigenvalue weighted by Gasteiger charge is -2.19. The average Bonchev–Trinajstić information content (AvgIpc) is 2.19. The van der Waals surface area contributed by atoms with Gasteiger partial charge in [0.15, 0.2) is 0 Å². The van der Waals surface area contributed by atoms with Crippen molar-refractivity contribution < 1.29 is 19.4 Å². The lowest BCUT2D eigenvalue weighted by atomic mass is 10.3. The standard InChI is InChI=1S/C10H20N2O4/c1-2-16-7-3-5-12(8-9(11)13)6-4-10(14)15/h2-8H2,1H3,(H2,11,13)(H,14,15). The summed E-state index contributed by atoms with van der Waals surface area (Å²) in [7, 11) is 0. The number of primary amides is 1. The Hall–Kier alpha value is -1.14. The monoisotopic (exact) mass is 232 g/mol. The molecule has 0 aromatic carbocycles. The maximum atomic E-state index is 10.7. The van der Waals surface area contributed by atoms with E-state index in [0.717, 1.165) is 6.42 Å². The number of hydrogen-bond acceptors (Lipinski definition) is 4. The molecule has 0 saturated heterocycles. The van der Waals surface area contributed by atoms with E-state index in [-0.39, 0.29) is 13.0 Å². The summed E-state index contributed by atoms with van der Waals surface area (Å²) < 4.78 is 5.16. The number of nitrogens with two attached hydrogens (primary N) is 1. The van der Waals surface area contributed by atoms with Crippen LogP contribution in [-0.4, -0.2) is 54.7 Å². The van der Waals surface area contributed by atoms with Gasteiger partial charge in [-0.15, -0.1) is 0 Å². The molecule has 0 aliphatic heterocycles. The molecule has 1 amide bonds. The SMILES string of the molecule is CCOCCCN(CCC(=O)O)CC(N)=O. The first kappa shape index (κ1) is 14.9. The highest BCUT2D eigenvalue weighted by molar-refractivity contribution is 5.76. The fourth-order valence-corrected chi connectivity index (χ4v) is 1.28. The van der Waals surface area contributed by atoms with Crippen molar-refractivity contribution in [2.75, 3.05) is 32.8 Å². The second-order valence-electron chi connectivity index (χ2n) is 3.44. The van der Waals surface area contributed by atoms with Crippen molar-refractivity contribution in [2.24, 2.45) is 5.73 Å². The van der Waals surface area contributed by atoms with E-state index in [9.17, 15) is 9.59 Å². The van der Waals surface area contributed by atoms with Gasteiger partial charge in [-0.25, -0.2) is 0 Å². The minimum absolute atomic E-state index is 0.0158. The number of ether oxygens (including phenoxy) is 1. The molecule has 0 aliphatic rings. The Morgan fingerprint density at radius 1 is 1.38 bits per heavy atom. The van der Waals surface area contributed by atoms with Crippen LogP contribution < -0.4 is 5.73 Å². The van der Waals surface area contributed by atoms with Crippen molar-refractivity contribution in [3.63, 3.8) is 0 Å². The second kappa shape index (κ2) is 9.11. The predicted molar refractivity (Wildman–Crippen MR) is 59.0 cm³/mol. The zero-order valence-electron chi connectivity index (χ0n) is 9.65. The van der Waals surface area contributed by atoms with Crippen LogP contribution >= 0.6 is 0 Å². The van der Waals surface area contributed by atoms with Crippen LogP contribution in [0.15, 0.2) is 0 Å². The Bertz CT molecular complexity index is 221. The van der Waals surface area contributed by atoms with Crippen molar-refractivity contribution in [1.29, 1.82) is 0 Å². The molecule has 0 heterocycles. The van der Waals surface area contributed by atoms with E-state index in [1.807, 2.05) is 6.92 Å². The molecule has 0 fully saturated rings. The first-order valence-corrected chi connectivity index (χ1v) is 5.36.